The number of nitrogens with one attached hydrogen (secondary N) is 1. The molecule has 0 amide bonds. The number of ether oxygens (including phenoxy) is 2. The fraction of sp³-hybridized carbons (Fsp3) is 0.600. The second kappa shape index (κ2) is 22.6. The average Bonchev–Trinajstić information content (AvgIpc) is 2.68. The fourth-order valence-corrected chi connectivity index (χ4v) is 1.12. The second-order valence-corrected chi connectivity index (χ2v) is 6.07. The number of hydrogen-bond donors (Lipinski definition) is 2. The van der Waals surface area contributed by atoms with Gasteiger partial charge in [0.1, 0.15) is 19.2 Å². The van der Waals surface area contributed by atoms with E-state index in [1.807, 2.05) is 14.1 Å². The Morgan fingerprint density at radius 1 is 1.07 bits per heavy atom. The summed E-state index contributed by atoms with van der Waals surface area (Å²) in [5.41, 5.74) is 0. The number of quaternary nitrogens is 1. The van der Waals surface area contributed by atoms with Crippen molar-refractivity contribution >= 4 is 23.9 Å². The van der Waals surface area contributed by atoms with Crippen molar-refractivity contribution in [1.29, 1.82) is 0 Å². The molecule has 10 nitrogen and oxygen atoms in total. The summed E-state index contributed by atoms with van der Waals surface area (Å²) in [4.78, 5) is 40.8. The van der Waals surface area contributed by atoms with Gasteiger partial charge in [0.2, 0.25) is 0 Å². The third-order valence-electron chi connectivity index (χ3n) is 3.22. The van der Waals surface area contributed by atoms with E-state index in [-0.39, 0.29) is 23.5 Å². The number of carboxylic acids is 2. The first-order valence-electron chi connectivity index (χ1n) is 9.23. The first-order chi connectivity index (χ1) is 13.8. The van der Waals surface area contributed by atoms with Crippen molar-refractivity contribution in [2.45, 2.75) is 33.2 Å². The number of likely N-dealkylation sites (N-methyl/N-ethyl adjacent to an activating group) is 1. The van der Waals surface area contributed by atoms with Crippen LogP contribution in [0.4, 0.5) is 0 Å². The van der Waals surface area contributed by atoms with Crippen LogP contribution in [0.5, 0.6) is 0 Å². The van der Waals surface area contributed by atoms with E-state index in [1.54, 1.807) is 34.9 Å². The predicted molar refractivity (Wildman–Crippen MR) is 112 cm³/mol. The largest absolute Gasteiger partial charge is 0.544 e. The molecule has 0 fully saturated rings. The summed E-state index contributed by atoms with van der Waals surface area (Å²) < 4.78 is 9.41. The van der Waals surface area contributed by atoms with Gasteiger partial charge in [0, 0.05) is 18.6 Å². The highest BCUT2D eigenvalue weighted by Gasteiger charge is 2.24. The summed E-state index contributed by atoms with van der Waals surface area (Å²) in [5, 5.41) is 21.1. The van der Waals surface area contributed by atoms with E-state index in [9.17, 15) is 24.3 Å². The normalized spacial score (nSPS) is 10.1. The zero-order valence-corrected chi connectivity index (χ0v) is 19.2. The van der Waals surface area contributed by atoms with Gasteiger partial charge in [0.05, 0.1) is 26.7 Å². The summed E-state index contributed by atoms with van der Waals surface area (Å²) in [6.45, 7) is 12.4. The molecule has 0 aliphatic heterocycles. The van der Waals surface area contributed by atoms with Gasteiger partial charge in [0.25, 0.3) is 0 Å². The number of carbonyl (C=O) groups is 4. The Bertz CT molecular complexity index is 519. The molecule has 1 unspecified atom stereocenters. The first-order valence-corrected chi connectivity index (χ1v) is 9.23. The molecule has 0 rings (SSSR count). The molecule has 0 aromatic carbocycles. The first kappa shape index (κ1) is 34.8. The van der Waals surface area contributed by atoms with Crippen molar-refractivity contribution in [1.82, 2.24) is 5.32 Å². The third kappa shape index (κ3) is 27.5. The molecule has 0 saturated carbocycles. The van der Waals surface area contributed by atoms with Crippen LogP contribution in [0, 0.1) is 0 Å². The van der Waals surface area contributed by atoms with Crippen LogP contribution in [0.15, 0.2) is 25.3 Å². The molecule has 0 radical (unpaired) electrons. The van der Waals surface area contributed by atoms with Crippen LogP contribution >= 0.6 is 0 Å². The second-order valence-electron chi connectivity index (χ2n) is 6.07. The van der Waals surface area contributed by atoms with Gasteiger partial charge in [-0.3, -0.25) is 4.79 Å². The van der Waals surface area contributed by atoms with Gasteiger partial charge in [-0.25, -0.2) is 9.59 Å². The maximum Gasteiger partial charge on any atom is 0.330 e. The SMILES string of the molecule is C=CC(=O)OCC.C=CC(=O)OCC[N+](C)(C)C(C)C(=O)[O-].CCC(=O)O.CNC. The molecule has 0 saturated heterocycles. The van der Waals surface area contributed by atoms with Gasteiger partial charge in [0.15, 0.2) is 0 Å². The molecular weight excluding hydrogens is 396 g/mol. The molecule has 10 heteroatoms. The molecule has 0 aromatic rings. The summed E-state index contributed by atoms with van der Waals surface area (Å²) >= 11 is 0. The number of esters is 2. The Morgan fingerprint density at radius 2 is 1.43 bits per heavy atom. The maximum absolute atomic E-state index is 10.7. The zero-order chi connectivity index (χ0) is 24.8. The molecule has 0 spiro atoms. The van der Waals surface area contributed by atoms with Crippen LogP contribution in [-0.4, -0.2) is 87.5 Å². The van der Waals surface area contributed by atoms with E-state index in [0.717, 1.165) is 12.2 Å². The summed E-state index contributed by atoms with van der Waals surface area (Å²) in [5.74, 6) is -2.72. The van der Waals surface area contributed by atoms with Crippen molar-refractivity contribution < 1.29 is 43.3 Å². The van der Waals surface area contributed by atoms with Gasteiger partial charge >= 0.3 is 17.9 Å². The summed E-state index contributed by atoms with van der Waals surface area (Å²) in [6, 6.07) is -0.646. The van der Waals surface area contributed by atoms with E-state index < -0.39 is 23.9 Å². The minimum absolute atomic E-state index is 0.162. The summed E-state index contributed by atoms with van der Waals surface area (Å²) in [6.07, 6.45) is 2.44. The lowest BCUT2D eigenvalue weighted by Crippen LogP contribution is -2.56. The number of nitrogens with zero attached hydrogens (tertiary/aromatic N) is 1. The maximum atomic E-state index is 10.7. The molecule has 0 aliphatic carbocycles. The highest BCUT2D eigenvalue weighted by molar-refractivity contribution is 5.81. The third-order valence-corrected chi connectivity index (χ3v) is 3.22. The fourth-order valence-electron chi connectivity index (χ4n) is 1.12. The molecule has 176 valence electrons. The van der Waals surface area contributed by atoms with Crippen molar-refractivity contribution in [3.05, 3.63) is 25.3 Å². The van der Waals surface area contributed by atoms with Crippen LogP contribution in [-0.2, 0) is 28.7 Å². The van der Waals surface area contributed by atoms with Crippen molar-refractivity contribution in [2.24, 2.45) is 0 Å². The van der Waals surface area contributed by atoms with E-state index in [2.05, 4.69) is 23.2 Å². The van der Waals surface area contributed by atoms with E-state index in [1.165, 1.54) is 0 Å². The Balaban J connectivity index is -0.000000186. The van der Waals surface area contributed by atoms with Crippen LogP contribution < -0.4 is 10.4 Å². The van der Waals surface area contributed by atoms with Crippen LogP contribution in [0.3, 0.4) is 0 Å². The van der Waals surface area contributed by atoms with Gasteiger partial charge in [-0.15, -0.1) is 0 Å². The minimum Gasteiger partial charge on any atom is -0.544 e. The van der Waals surface area contributed by atoms with E-state index in [0.29, 0.717) is 13.2 Å². The Kier molecular flexibility index (Phi) is 26.2. The van der Waals surface area contributed by atoms with E-state index in [4.69, 9.17) is 9.84 Å². The zero-order valence-electron chi connectivity index (χ0n) is 19.2. The van der Waals surface area contributed by atoms with Crippen molar-refractivity contribution in [3.63, 3.8) is 0 Å². The van der Waals surface area contributed by atoms with Crippen LogP contribution in [0.25, 0.3) is 0 Å². The molecule has 1 atom stereocenters. The van der Waals surface area contributed by atoms with Gasteiger partial charge in [-0.05, 0) is 27.9 Å². The Labute approximate surface area is 179 Å². The van der Waals surface area contributed by atoms with Gasteiger partial charge in [-0.2, -0.15) is 0 Å². The van der Waals surface area contributed by atoms with Crippen LogP contribution in [0.1, 0.15) is 27.2 Å². The molecular formula is C20H38N2O8. The summed E-state index contributed by atoms with van der Waals surface area (Å²) in [7, 11) is 7.23. The van der Waals surface area contributed by atoms with Crippen molar-refractivity contribution in [2.75, 3.05) is 47.9 Å². The standard InChI is InChI=1S/C10H17NO4.C5H8O2.C3H6O2.C2H7N/c1-5-9(12)15-7-6-11(3,4)8(2)10(13)14;1-3-5(6)7-4-2;1-2-3(4)5;1-3-2/h5,8H,1,6-7H2,2-4H3;3H,1,4H2,2H3;2H2,1H3,(H,4,5);3H,1-2H3. The number of hydrogen-bond acceptors (Lipinski definition) is 8. The lowest BCUT2D eigenvalue weighted by atomic mass is 10.2. The number of aliphatic carboxylic acids is 2. The monoisotopic (exact) mass is 434 g/mol. The quantitative estimate of drug-likeness (QED) is 0.291. The molecule has 0 bridgehead atoms. The van der Waals surface area contributed by atoms with E-state index >= 15 is 0 Å². The number of rotatable bonds is 9. The predicted octanol–water partition coefficient (Wildman–Crippen LogP) is -0.0175. The molecule has 2 N–H and O–H groups in total. The topological polar surface area (TPSA) is 142 Å². The lowest BCUT2D eigenvalue weighted by Gasteiger charge is -2.36. The van der Waals surface area contributed by atoms with Gasteiger partial charge < -0.3 is 34.3 Å². The van der Waals surface area contributed by atoms with Crippen LogP contribution in [0.2, 0.25) is 0 Å². The molecule has 0 aliphatic rings. The number of carbonyl (C=O) groups excluding carboxylic acids is 3. The Hall–Kier alpha value is -2.72. The van der Waals surface area contributed by atoms with Gasteiger partial charge in [-0.1, -0.05) is 20.1 Å². The minimum atomic E-state index is -1.12. The van der Waals surface area contributed by atoms with Crippen molar-refractivity contribution in [3.8, 4) is 0 Å². The Morgan fingerprint density at radius 3 is 1.67 bits per heavy atom. The highest BCUT2D eigenvalue weighted by Crippen LogP contribution is 2.05. The molecule has 30 heavy (non-hydrogen) atoms. The lowest BCUT2D eigenvalue weighted by molar-refractivity contribution is -0.906. The molecule has 0 aromatic heterocycles. The molecule has 0 heterocycles. The highest BCUT2D eigenvalue weighted by atomic mass is 16.5. The smallest absolute Gasteiger partial charge is 0.330 e. The average molecular weight is 435 g/mol. The number of carboxylic acid groups (broad SMARTS) is 2.